The van der Waals surface area contributed by atoms with Crippen molar-refractivity contribution in [3.63, 3.8) is 0 Å². The van der Waals surface area contributed by atoms with Crippen molar-refractivity contribution in [2.45, 2.75) is 6.42 Å². The first-order valence-electron chi connectivity index (χ1n) is 5.83. The van der Waals surface area contributed by atoms with Crippen LogP contribution in [0.15, 0.2) is 18.2 Å². The molecule has 5 nitrogen and oxygen atoms in total. The smallest absolute Gasteiger partial charge is 0.404 e. The zero-order chi connectivity index (χ0) is 13.1. The van der Waals surface area contributed by atoms with Crippen LogP contribution in [0.3, 0.4) is 0 Å². The molecule has 1 aliphatic heterocycles. The maximum absolute atomic E-state index is 13.3. The van der Waals surface area contributed by atoms with Crippen LogP contribution < -0.4 is 16.0 Å². The SMILES string of the molecule is Nc1ccc(N2CC[C@H](CNC(=O)O)C2)cc1F. The quantitative estimate of drug-likeness (QED) is 0.713. The number of nitrogen functional groups attached to an aromatic ring is 1. The monoisotopic (exact) mass is 253 g/mol. The summed E-state index contributed by atoms with van der Waals surface area (Å²) in [5, 5.41) is 10.9. The van der Waals surface area contributed by atoms with Gasteiger partial charge in [-0.3, -0.25) is 0 Å². The van der Waals surface area contributed by atoms with Crippen LogP contribution in [0.1, 0.15) is 6.42 Å². The lowest BCUT2D eigenvalue weighted by atomic mass is 10.1. The van der Waals surface area contributed by atoms with Crippen LogP contribution in [0.4, 0.5) is 20.6 Å². The standard InChI is InChI=1S/C12H16FN3O2/c13-10-5-9(1-2-11(10)14)16-4-3-8(7-16)6-15-12(17)18/h1-2,5,8,15H,3-4,6-7,14H2,(H,17,18)/t8-/m1/s1. The van der Waals surface area contributed by atoms with Crippen LogP contribution in [-0.2, 0) is 0 Å². The molecule has 4 N–H and O–H groups in total. The highest BCUT2D eigenvalue weighted by Crippen LogP contribution is 2.25. The first-order valence-corrected chi connectivity index (χ1v) is 5.83. The van der Waals surface area contributed by atoms with Crippen LogP contribution in [0.5, 0.6) is 0 Å². The van der Waals surface area contributed by atoms with Gasteiger partial charge in [0.25, 0.3) is 0 Å². The van der Waals surface area contributed by atoms with Crippen molar-refractivity contribution in [2.24, 2.45) is 5.92 Å². The topological polar surface area (TPSA) is 78.6 Å². The maximum atomic E-state index is 13.3. The molecule has 0 spiro atoms. The van der Waals surface area contributed by atoms with E-state index in [1.54, 1.807) is 12.1 Å². The molecule has 1 heterocycles. The highest BCUT2D eigenvalue weighted by Gasteiger charge is 2.23. The molecule has 0 aromatic heterocycles. The molecule has 1 aromatic carbocycles. The van der Waals surface area contributed by atoms with Crippen LogP contribution in [-0.4, -0.2) is 30.8 Å². The molecule has 0 bridgehead atoms. The Morgan fingerprint density at radius 2 is 2.39 bits per heavy atom. The minimum atomic E-state index is -1.01. The number of hydrogen-bond donors (Lipinski definition) is 3. The Bertz CT molecular complexity index is 453. The van der Waals surface area contributed by atoms with Crippen LogP contribution in [0.25, 0.3) is 0 Å². The van der Waals surface area contributed by atoms with Gasteiger partial charge in [-0.1, -0.05) is 0 Å². The number of anilines is 2. The van der Waals surface area contributed by atoms with Gasteiger partial charge in [0.1, 0.15) is 5.82 Å². The van der Waals surface area contributed by atoms with E-state index in [1.165, 1.54) is 6.07 Å². The highest BCUT2D eigenvalue weighted by molar-refractivity contribution is 5.64. The Balaban J connectivity index is 1.95. The van der Waals surface area contributed by atoms with E-state index in [0.29, 0.717) is 6.54 Å². The summed E-state index contributed by atoms with van der Waals surface area (Å²) >= 11 is 0. The Kier molecular flexibility index (Phi) is 3.55. The van der Waals surface area contributed by atoms with Gasteiger partial charge in [-0.2, -0.15) is 0 Å². The summed E-state index contributed by atoms with van der Waals surface area (Å²) in [5.74, 6) is -0.152. The van der Waals surface area contributed by atoms with Crippen molar-refractivity contribution in [1.82, 2.24) is 5.32 Å². The minimum Gasteiger partial charge on any atom is -0.465 e. The van der Waals surface area contributed by atoms with Gasteiger partial charge in [0.2, 0.25) is 0 Å². The summed E-state index contributed by atoms with van der Waals surface area (Å²) < 4.78 is 13.3. The predicted molar refractivity (Wildman–Crippen MR) is 67.2 cm³/mol. The molecule has 1 atom stereocenters. The number of carboxylic acid groups (broad SMARTS) is 1. The molecule has 6 heteroatoms. The van der Waals surface area contributed by atoms with E-state index in [4.69, 9.17) is 10.8 Å². The summed E-state index contributed by atoms with van der Waals surface area (Å²) in [6, 6.07) is 4.75. The van der Waals surface area contributed by atoms with Crippen molar-refractivity contribution in [2.75, 3.05) is 30.3 Å². The molecular weight excluding hydrogens is 237 g/mol. The zero-order valence-corrected chi connectivity index (χ0v) is 9.90. The van der Waals surface area contributed by atoms with E-state index in [2.05, 4.69) is 5.32 Å². The fourth-order valence-electron chi connectivity index (χ4n) is 2.18. The summed E-state index contributed by atoms with van der Waals surface area (Å²) in [7, 11) is 0. The summed E-state index contributed by atoms with van der Waals surface area (Å²) in [6.07, 6.45) is -0.112. The van der Waals surface area contributed by atoms with Gasteiger partial charge in [-0.15, -0.1) is 0 Å². The molecule has 1 aromatic rings. The number of nitrogens with one attached hydrogen (secondary N) is 1. The maximum Gasteiger partial charge on any atom is 0.404 e. The van der Waals surface area contributed by atoms with E-state index < -0.39 is 11.9 Å². The number of halogens is 1. The first kappa shape index (κ1) is 12.5. The number of nitrogens with zero attached hydrogens (tertiary/aromatic N) is 1. The molecule has 1 fully saturated rings. The lowest BCUT2D eigenvalue weighted by molar-refractivity contribution is 0.192. The lowest BCUT2D eigenvalue weighted by Crippen LogP contribution is -2.29. The average molecular weight is 253 g/mol. The zero-order valence-electron chi connectivity index (χ0n) is 9.90. The molecule has 0 saturated carbocycles. The molecule has 18 heavy (non-hydrogen) atoms. The van der Waals surface area contributed by atoms with Crippen molar-refractivity contribution in [3.8, 4) is 0 Å². The molecule has 0 aliphatic carbocycles. The van der Waals surface area contributed by atoms with Gasteiger partial charge in [0.15, 0.2) is 0 Å². The van der Waals surface area contributed by atoms with E-state index in [9.17, 15) is 9.18 Å². The van der Waals surface area contributed by atoms with Crippen molar-refractivity contribution in [3.05, 3.63) is 24.0 Å². The molecule has 1 amide bonds. The molecule has 2 rings (SSSR count). The van der Waals surface area contributed by atoms with Crippen molar-refractivity contribution < 1.29 is 14.3 Å². The summed E-state index contributed by atoms with van der Waals surface area (Å²) in [4.78, 5) is 12.4. The van der Waals surface area contributed by atoms with Gasteiger partial charge >= 0.3 is 6.09 Å². The van der Waals surface area contributed by atoms with E-state index in [0.717, 1.165) is 25.2 Å². The number of carbonyl (C=O) groups is 1. The Hall–Kier alpha value is -1.98. The second-order valence-corrected chi connectivity index (χ2v) is 4.49. The summed E-state index contributed by atoms with van der Waals surface area (Å²) in [6.45, 7) is 1.96. The van der Waals surface area contributed by atoms with Crippen molar-refractivity contribution >= 4 is 17.5 Å². The second kappa shape index (κ2) is 5.12. The first-order chi connectivity index (χ1) is 8.56. The molecule has 0 unspecified atom stereocenters. The lowest BCUT2D eigenvalue weighted by Gasteiger charge is -2.19. The average Bonchev–Trinajstić information content (AvgIpc) is 2.79. The predicted octanol–water partition coefficient (Wildman–Crippen LogP) is 1.50. The number of nitrogens with two attached hydrogens (primary N) is 1. The third-order valence-corrected chi connectivity index (χ3v) is 3.18. The molecule has 98 valence electrons. The Morgan fingerprint density at radius 3 is 3.06 bits per heavy atom. The number of rotatable bonds is 3. The molecular formula is C12H16FN3O2. The van der Waals surface area contributed by atoms with Crippen LogP contribution in [0, 0.1) is 11.7 Å². The molecule has 1 aliphatic rings. The number of hydrogen-bond acceptors (Lipinski definition) is 3. The summed E-state index contributed by atoms with van der Waals surface area (Å²) in [5.41, 5.74) is 6.36. The van der Waals surface area contributed by atoms with Gasteiger partial charge in [0, 0.05) is 25.3 Å². The highest BCUT2D eigenvalue weighted by atomic mass is 19.1. The van der Waals surface area contributed by atoms with Crippen molar-refractivity contribution in [1.29, 1.82) is 0 Å². The van der Waals surface area contributed by atoms with Gasteiger partial charge in [-0.05, 0) is 30.5 Å². The Morgan fingerprint density at radius 1 is 1.61 bits per heavy atom. The normalized spacial score (nSPS) is 18.9. The Labute approximate surface area is 104 Å². The number of benzene rings is 1. The van der Waals surface area contributed by atoms with Gasteiger partial charge in [0.05, 0.1) is 5.69 Å². The van der Waals surface area contributed by atoms with Gasteiger partial charge < -0.3 is 21.1 Å². The van der Waals surface area contributed by atoms with E-state index in [-0.39, 0.29) is 11.6 Å². The van der Waals surface area contributed by atoms with E-state index >= 15 is 0 Å². The third-order valence-electron chi connectivity index (χ3n) is 3.18. The van der Waals surface area contributed by atoms with E-state index in [1.807, 2.05) is 4.90 Å². The molecule has 1 saturated heterocycles. The van der Waals surface area contributed by atoms with Crippen LogP contribution in [0.2, 0.25) is 0 Å². The van der Waals surface area contributed by atoms with Gasteiger partial charge in [-0.25, -0.2) is 9.18 Å². The molecule has 0 radical (unpaired) electrons. The second-order valence-electron chi connectivity index (χ2n) is 4.49. The fraction of sp³-hybridized carbons (Fsp3) is 0.417. The third kappa shape index (κ3) is 2.82. The fourth-order valence-corrected chi connectivity index (χ4v) is 2.18. The number of amides is 1. The minimum absolute atomic E-state index is 0.141. The largest absolute Gasteiger partial charge is 0.465 e. The van der Waals surface area contributed by atoms with Crippen LogP contribution >= 0.6 is 0 Å².